The molecule has 0 saturated heterocycles. The van der Waals surface area contributed by atoms with Crippen LogP contribution in [0.5, 0.6) is 11.5 Å². The molecule has 1 aromatic carbocycles. The fourth-order valence-corrected chi connectivity index (χ4v) is 1.80. The number of aryl methyl sites for hydroxylation is 1. The van der Waals surface area contributed by atoms with Crippen molar-refractivity contribution in [3.8, 4) is 11.5 Å². The predicted molar refractivity (Wildman–Crippen MR) is 66.2 cm³/mol. The Labute approximate surface area is 120 Å². The number of hydrogen-bond donors (Lipinski definition) is 0. The van der Waals surface area contributed by atoms with Crippen molar-refractivity contribution in [2.45, 2.75) is 13.0 Å². The van der Waals surface area contributed by atoms with E-state index in [1.165, 1.54) is 24.5 Å². The van der Waals surface area contributed by atoms with Crippen LogP contribution in [0.15, 0.2) is 29.0 Å². The standard InChI is InChI=1S/C11H9BrF3N3O2/c1-18-6-16-17-10(18)5-19-7-2-3-9(8(12)4-7)20-11(13,14)15/h2-4,6H,5H2,1H3. The van der Waals surface area contributed by atoms with Gasteiger partial charge in [-0.1, -0.05) is 0 Å². The average Bonchev–Trinajstić information content (AvgIpc) is 2.74. The molecule has 0 fully saturated rings. The van der Waals surface area contributed by atoms with E-state index < -0.39 is 6.36 Å². The first-order chi connectivity index (χ1) is 9.35. The molecule has 0 unspecified atom stereocenters. The van der Waals surface area contributed by atoms with E-state index in [0.29, 0.717) is 11.6 Å². The van der Waals surface area contributed by atoms with Gasteiger partial charge in [0, 0.05) is 7.05 Å². The monoisotopic (exact) mass is 351 g/mol. The molecule has 2 rings (SSSR count). The summed E-state index contributed by atoms with van der Waals surface area (Å²) in [6.45, 7) is 0.155. The second-order valence-corrected chi connectivity index (χ2v) is 4.64. The molecule has 1 aromatic heterocycles. The van der Waals surface area contributed by atoms with Crippen LogP contribution in [-0.2, 0) is 13.7 Å². The lowest BCUT2D eigenvalue weighted by Gasteiger charge is -2.12. The van der Waals surface area contributed by atoms with Crippen molar-refractivity contribution in [1.29, 1.82) is 0 Å². The van der Waals surface area contributed by atoms with Crippen LogP contribution >= 0.6 is 15.9 Å². The van der Waals surface area contributed by atoms with Gasteiger partial charge in [-0.2, -0.15) is 0 Å². The van der Waals surface area contributed by atoms with Gasteiger partial charge in [-0.3, -0.25) is 0 Å². The minimum absolute atomic E-state index is 0.144. The first-order valence-corrected chi connectivity index (χ1v) is 6.15. The molecule has 0 bridgehead atoms. The van der Waals surface area contributed by atoms with Crippen LogP contribution < -0.4 is 9.47 Å². The number of ether oxygens (including phenoxy) is 2. The molecule has 108 valence electrons. The van der Waals surface area contributed by atoms with Gasteiger partial charge in [-0.15, -0.1) is 23.4 Å². The van der Waals surface area contributed by atoms with Crippen LogP contribution in [0.2, 0.25) is 0 Å². The first-order valence-electron chi connectivity index (χ1n) is 5.36. The largest absolute Gasteiger partial charge is 0.573 e. The maximum Gasteiger partial charge on any atom is 0.573 e. The summed E-state index contributed by atoms with van der Waals surface area (Å²) in [5.74, 6) is 0.648. The van der Waals surface area contributed by atoms with Crippen molar-refractivity contribution in [2.24, 2.45) is 7.05 Å². The van der Waals surface area contributed by atoms with E-state index in [4.69, 9.17) is 4.74 Å². The summed E-state index contributed by atoms with van der Waals surface area (Å²) in [4.78, 5) is 0. The SMILES string of the molecule is Cn1cnnc1COc1ccc(OC(F)(F)F)c(Br)c1. The van der Waals surface area contributed by atoms with Gasteiger partial charge in [0.05, 0.1) is 4.47 Å². The zero-order valence-electron chi connectivity index (χ0n) is 10.2. The Morgan fingerprint density at radius 2 is 2.10 bits per heavy atom. The molecule has 0 radical (unpaired) electrons. The minimum Gasteiger partial charge on any atom is -0.486 e. The Bertz CT molecular complexity index is 601. The summed E-state index contributed by atoms with van der Waals surface area (Å²) in [6, 6.07) is 3.93. The second kappa shape index (κ2) is 5.70. The summed E-state index contributed by atoms with van der Waals surface area (Å²) < 4.78 is 47.4. The highest BCUT2D eigenvalue weighted by Crippen LogP contribution is 2.33. The third-order valence-electron chi connectivity index (χ3n) is 2.30. The zero-order valence-corrected chi connectivity index (χ0v) is 11.8. The lowest BCUT2D eigenvalue weighted by molar-refractivity contribution is -0.274. The van der Waals surface area contributed by atoms with Crippen LogP contribution in [0.25, 0.3) is 0 Å². The maximum absolute atomic E-state index is 12.1. The number of hydrogen-bond acceptors (Lipinski definition) is 4. The minimum atomic E-state index is -4.73. The Balaban J connectivity index is 2.04. The fourth-order valence-electron chi connectivity index (χ4n) is 1.36. The smallest absolute Gasteiger partial charge is 0.486 e. The molecule has 20 heavy (non-hydrogen) atoms. The molecule has 0 spiro atoms. The van der Waals surface area contributed by atoms with E-state index in [0.717, 1.165) is 0 Å². The number of benzene rings is 1. The van der Waals surface area contributed by atoms with Crippen molar-refractivity contribution in [3.05, 3.63) is 34.8 Å². The van der Waals surface area contributed by atoms with Gasteiger partial charge in [0.2, 0.25) is 0 Å². The van der Waals surface area contributed by atoms with Gasteiger partial charge in [0.25, 0.3) is 0 Å². The van der Waals surface area contributed by atoms with Crippen LogP contribution in [0.3, 0.4) is 0 Å². The summed E-state index contributed by atoms with van der Waals surface area (Å²) >= 11 is 2.99. The number of alkyl halides is 3. The van der Waals surface area contributed by atoms with Gasteiger partial charge in [-0.25, -0.2) is 0 Å². The highest BCUT2D eigenvalue weighted by molar-refractivity contribution is 9.10. The van der Waals surface area contributed by atoms with E-state index in [1.807, 2.05) is 0 Å². The van der Waals surface area contributed by atoms with E-state index >= 15 is 0 Å². The van der Waals surface area contributed by atoms with Crippen molar-refractivity contribution in [2.75, 3.05) is 0 Å². The maximum atomic E-state index is 12.1. The van der Waals surface area contributed by atoms with E-state index in [-0.39, 0.29) is 16.8 Å². The van der Waals surface area contributed by atoms with E-state index in [1.54, 1.807) is 11.6 Å². The van der Waals surface area contributed by atoms with Gasteiger partial charge < -0.3 is 14.0 Å². The fraction of sp³-hybridized carbons (Fsp3) is 0.273. The number of halogens is 4. The van der Waals surface area contributed by atoms with E-state index in [9.17, 15) is 13.2 Å². The average molecular weight is 352 g/mol. The molecule has 0 N–H and O–H groups in total. The second-order valence-electron chi connectivity index (χ2n) is 3.79. The Hall–Kier alpha value is -1.77. The van der Waals surface area contributed by atoms with Crippen molar-refractivity contribution >= 4 is 15.9 Å². The topological polar surface area (TPSA) is 49.2 Å². The molecule has 0 aliphatic heterocycles. The van der Waals surface area contributed by atoms with Crippen molar-refractivity contribution in [1.82, 2.24) is 14.8 Å². The van der Waals surface area contributed by atoms with Gasteiger partial charge >= 0.3 is 6.36 Å². The lowest BCUT2D eigenvalue weighted by atomic mass is 10.3. The normalized spacial score (nSPS) is 11.4. The zero-order chi connectivity index (χ0) is 14.8. The lowest BCUT2D eigenvalue weighted by Crippen LogP contribution is -2.17. The molecule has 0 amide bonds. The van der Waals surface area contributed by atoms with Gasteiger partial charge in [0.1, 0.15) is 24.4 Å². The summed E-state index contributed by atoms with van der Waals surface area (Å²) in [5.41, 5.74) is 0. The molecule has 1 heterocycles. The quantitative estimate of drug-likeness (QED) is 0.849. The third kappa shape index (κ3) is 3.86. The number of rotatable bonds is 4. The van der Waals surface area contributed by atoms with Gasteiger partial charge in [0.15, 0.2) is 5.82 Å². The summed E-state index contributed by atoms with van der Waals surface area (Å²) in [6.07, 6.45) is -3.21. The highest BCUT2D eigenvalue weighted by atomic mass is 79.9. The molecular weight excluding hydrogens is 343 g/mol. The van der Waals surface area contributed by atoms with Crippen LogP contribution in [0.4, 0.5) is 13.2 Å². The van der Waals surface area contributed by atoms with Crippen molar-refractivity contribution in [3.63, 3.8) is 0 Å². The molecule has 0 atom stereocenters. The molecule has 0 aliphatic rings. The predicted octanol–water partition coefficient (Wildman–Crippen LogP) is 3.06. The van der Waals surface area contributed by atoms with E-state index in [2.05, 4.69) is 30.9 Å². The summed E-state index contributed by atoms with van der Waals surface area (Å²) in [7, 11) is 1.76. The molecule has 9 heteroatoms. The third-order valence-corrected chi connectivity index (χ3v) is 2.92. The number of aromatic nitrogens is 3. The molecule has 0 aliphatic carbocycles. The molecule has 5 nitrogen and oxygen atoms in total. The Morgan fingerprint density at radius 3 is 2.65 bits per heavy atom. The molecule has 2 aromatic rings. The number of nitrogens with zero attached hydrogens (tertiary/aromatic N) is 3. The first kappa shape index (κ1) is 14.6. The Kier molecular flexibility index (Phi) is 4.17. The highest BCUT2D eigenvalue weighted by Gasteiger charge is 2.31. The Morgan fingerprint density at radius 1 is 1.35 bits per heavy atom. The van der Waals surface area contributed by atoms with Crippen LogP contribution in [0, 0.1) is 0 Å². The molecule has 0 saturated carbocycles. The summed E-state index contributed by atoms with van der Waals surface area (Å²) in [5, 5.41) is 7.51. The van der Waals surface area contributed by atoms with Gasteiger partial charge in [-0.05, 0) is 34.1 Å². The van der Waals surface area contributed by atoms with Crippen LogP contribution in [-0.4, -0.2) is 21.1 Å². The molecular formula is C11H9BrF3N3O2. The van der Waals surface area contributed by atoms with Crippen molar-refractivity contribution < 1.29 is 22.6 Å². The van der Waals surface area contributed by atoms with Crippen LogP contribution in [0.1, 0.15) is 5.82 Å².